The van der Waals surface area contributed by atoms with E-state index in [1.54, 1.807) is 42.3 Å². The molecule has 1 amide bonds. The number of anilines is 3. The van der Waals surface area contributed by atoms with Crippen LogP contribution in [0.3, 0.4) is 0 Å². The summed E-state index contributed by atoms with van der Waals surface area (Å²) in [6.07, 6.45) is 3.50. The van der Waals surface area contributed by atoms with Crippen LogP contribution in [0.4, 0.5) is 26.2 Å². The first-order chi connectivity index (χ1) is 16.9. The third kappa shape index (κ3) is 4.31. The quantitative estimate of drug-likeness (QED) is 0.474. The Hall–Kier alpha value is -4.65. The van der Waals surface area contributed by atoms with Gasteiger partial charge in [0.15, 0.2) is 0 Å². The SMILES string of the molecule is Cn1nccc1Nc1nccc(-c2cc(C#N)c3c(c2)CCN3C(=O)Cc2cc(F)ccc2F)n1. The first kappa shape index (κ1) is 22.2. The zero-order valence-electron chi connectivity index (χ0n) is 18.7. The van der Waals surface area contributed by atoms with Gasteiger partial charge in [0, 0.05) is 37.0 Å². The Labute approximate surface area is 199 Å². The van der Waals surface area contributed by atoms with Crippen LogP contribution in [0.5, 0.6) is 0 Å². The maximum Gasteiger partial charge on any atom is 0.231 e. The number of carbonyl (C=O) groups excluding carboxylic acids is 1. The number of hydrogen-bond donors (Lipinski definition) is 1. The number of aryl methyl sites for hydroxylation is 1. The number of rotatable bonds is 5. The molecule has 1 N–H and O–H groups in total. The first-order valence-electron chi connectivity index (χ1n) is 10.8. The van der Waals surface area contributed by atoms with Crippen molar-refractivity contribution in [3.05, 3.63) is 83.2 Å². The van der Waals surface area contributed by atoms with E-state index in [4.69, 9.17) is 0 Å². The molecule has 5 rings (SSSR count). The number of halogens is 2. The highest BCUT2D eigenvalue weighted by Gasteiger charge is 2.29. The summed E-state index contributed by atoms with van der Waals surface area (Å²) in [6.45, 7) is 0.348. The lowest BCUT2D eigenvalue weighted by molar-refractivity contribution is -0.117. The molecule has 2 aromatic carbocycles. The van der Waals surface area contributed by atoms with Crippen molar-refractivity contribution in [1.82, 2.24) is 19.7 Å². The van der Waals surface area contributed by atoms with Crippen molar-refractivity contribution < 1.29 is 13.6 Å². The van der Waals surface area contributed by atoms with Gasteiger partial charge in [-0.15, -0.1) is 0 Å². The molecule has 3 heterocycles. The van der Waals surface area contributed by atoms with E-state index >= 15 is 0 Å². The average molecular weight is 471 g/mol. The van der Waals surface area contributed by atoms with Gasteiger partial charge in [-0.2, -0.15) is 10.4 Å². The molecule has 0 atom stereocenters. The smallest absolute Gasteiger partial charge is 0.231 e. The Kier molecular flexibility index (Phi) is 5.66. The van der Waals surface area contributed by atoms with E-state index in [2.05, 4.69) is 26.5 Å². The fraction of sp³-hybridized carbons (Fsp3) is 0.160. The summed E-state index contributed by atoms with van der Waals surface area (Å²) in [7, 11) is 1.79. The maximum absolute atomic E-state index is 14.1. The number of carbonyl (C=O) groups is 1. The van der Waals surface area contributed by atoms with Gasteiger partial charge in [0.1, 0.15) is 23.5 Å². The topological polar surface area (TPSA) is 99.7 Å². The molecule has 35 heavy (non-hydrogen) atoms. The summed E-state index contributed by atoms with van der Waals surface area (Å²) in [4.78, 5) is 23.3. The number of fused-ring (bicyclic) bond motifs is 1. The van der Waals surface area contributed by atoms with Crippen LogP contribution in [-0.4, -0.2) is 32.2 Å². The van der Waals surface area contributed by atoms with E-state index in [9.17, 15) is 18.8 Å². The zero-order valence-corrected chi connectivity index (χ0v) is 18.7. The highest BCUT2D eigenvalue weighted by molar-refractivity contribution is 5.98. The minimum absolute atomic E-state index is 0.0204. The fourth-order valence-electron chi connectivity index (χ4n) is 4.16. The molecule has 0 radical (unpaired) electrons. The first-order valence-corrected chi connectivity index (χ1v) is 10.8. The van der Waals surface area contributed by atoms with E-state index in [0.29, 0.717) is 41.4 Å². The van der Waals surface area contributed by atoms with Crippen LogP contribution < -0.4 is 10.2 Å². The van der Waals surface area contributed by atoms with Gasteiger partial charge in [-0.3, -0.25) is 9.48 Å². The Morgan fingerprint density at radius 3 is 2.80 bits per heavy atom. The van der Waals surface area contributed by atoms with E-state index in [0.717, 1.165) is 29.6 Å². The highest BCUT2D eigenvalue weighted by atomic mass is 19.1. The number of nitriles is 1. The van der Waals surface area contributed by atoms with Gasteiger partial charge in [-0.25, -0.2) is 18.7 Å². The maximum atomic E-state index is 14.1. The zero-order chi connectivity index (χ0) is 24.5. The number of amides is 1. The third-order valence-electron chi connectivity index (χ3n) is 5.85. The van der Waals surface area contributed by atoms with Crippen LogP contribution >= 0.6 is 0 Å². The van der Waals surface area contributed by atoms with Gasteiger partial charge < -0.3 is 10.2 Å². The molecule has 0 spiro atoms. The molecule has 0 aliphatic carbocycles. The predicted molar refractivity (Wildman–Crippen MR) is 125 cm³/mol. The van der Waals surface area contributed by atoms with Gasteiger partial charge in [0.2, 0.25) is 11.9 Å². The van der Waals surface area contributed by atoms with E-state index in [1.165, 1.54) is 4.90 Å². The molecule has 10 heteroatoms. The van der Waals surface area contributed by atoms with Gasteiger partial charge in [-0.05, 0) is 48.4 Å². The monoisotopic (exact) mass is 471 g/mol. The van der Waals surface area contributed by atoms with Crippen molar-refractivity contribution >= 4 is 23.4 Å². The van der Waals surface area contributed by atoms with Crippen molar-refractivity contribution in [1.29, 1.82) is 5.26 Å². The van der Waals surface area contributed by atoms with Crippen LogP contribution in [0.2, 0.25) is 0 Å². The molecule has 0 unspecified atom stereocenters. The normalized spacial score (nSPS) is 12.3. The number of aromatic nitrogens is 4. The molecule has 0 saturated heterocycles. The lowest BCUT2D eigenvalue weighted by Crippen LogP contribution is -2.31. The van der Waals surface area contributed by atoms with Crippen molar-refractivity contribution in [2.24, 2.45) is 7.05 Å². The van der Waals surface area contributed by atoms with Crippen LogP contribution in [-0.2, 0) is 24.7 Å². The highest BCUT2D eigenvalue weighted by Crippen LogP contribution is 2.36. The Bertz CT molecular complexity index is 1490. The second-order valence-corrected chi connectivity index (χ2v) is 8.08. The van der Waals surface area contributed by atoms with E-state index in [-0.39, 0.29) is 12.0 Å². The minimum Gasteiger partial charge on any atom is -0.310 e. The second-order valence-electron chi connectivity index (χ2n) is 8.08. The van der Waals surface area contributed by atoms with Gasteiger partial charge in [0.25, 0.3) is 0 Å². The lowest BCUT2D eigenvalue weighted by atomic mass is 10.0. The lowest BCUT2D eigenvalue weighted by Gasteiger charge is -2.19. The Morgan fingerprint density at radius 2 is 2.03 bits per heavy atom. The molecule has 8 nitrogen and oxygen atoms in total. The number of benzene rings is 2. The van der Waals surface area contributed by atoms with Gasteiger partial charge in [0.05, 0.1) is 29.6 Å². The molecule has 0 saturated carbocycles. The second kappa shape index (κ2) is 8.95. The molecule has 0 bridgehead atoms. The molecule has 174 valence electrons. The standard InChI is InChI=1S/C25H19F2N7O/c1-33-22(5-8-30-33)32-25-29-7-4-21(31-25)17-10-15-6-9-34(24(15)18(11-17)14-28)23(35)13-16-12-19(26)2-3-20(16)27/h2-5,7-8,10-12H,6,9,13H2,1H3,(H,29,31,32). The van der Waals surface area contributed by atoms with Crippen LogP contribution in [0.15, 0.2) is 54.9 Å². The Morgan fingerprint density at radius 1 is 1.17 bits per heavy atom. The fourth-order valence-corrected chi connectivity index (χ4v) is 4.16. The molecular formula is C25H19F2N7O. The van der Waals surface area contributed by atoms with Gasteiger partial charge in [-0.1, -0.05) is 0 Å². The van der Waals surface area contributed by atoms with Crippen LogP contribution in [0, 0.1) is 23.0 Å². The minimum atomic E-state index is -0.644. The average Bonchev–Trinajstić information content (AvgIpc) is 3.47. The number of nitrogens with zero attached hydrogens (tertiary/aromatic N) is 6. The van der Waals surface area contributed by atoms with Crippen LogP contribution in [0.1, 0.15) is 16.7 Å². The molecule has 1 aliphatic rings. The van der Waals surface area contributed by atoms with Crippen LogP contribution in [0.25, 0.3) is 11.3 Å². The molecule has 2 aromatic heterocycles. The summed E-state index contributed by atoms with van der Waals surface area (Å²) in [6, 6.07) is 12.3. The molecule has 0 fully saturated rings. The van der Waals surface area contributed by atoms with Crippen molar-refractivity contribution in [2.75, 3.05) is 16.8 Å². The predicted octanol–water partition coefficient (Wildman–Crippen LogP) is 3.90. The molecule has 4 aromatic rings. The number of nitrogens with one attached hydrogen (secondary N) is 1. The van der Waals surface area contributed by atoms with Gasteiger partial charge >= 0.3 is 0 Å². The third-order valence-corrected chi connectivity index (χ3v) is 5.85. The summed E-state index contributed by atoms with van der Waals surface area (Å²) < 4.78 is 29.3. The Balaban J connectivity index is 1.44. The van der Waals surface area contributed by atoms with Crippen molar-refractivity contribution in [3.63, 3.8) is 0 Å². The number of hydrogen-bond acceptors (Lipinski definition) is 6. The van der Waals surface area contributed by atoms with E-state index in [1.807, 2.05) is 6.07 Å². The summed E-state index contributed by atoms with van der Waals surface area (Å²) in [5.41, 5.74) is 2.92. The van der Waals surface area contributed by atoms with Crippen molar-refractivity contribution in [2.45, 2.75) is 12.8 Å². The summed E-state index contributed by atoms with van der Waals surface area (Å²) >= 11 is 0. The largest absolute Gasteiger partial charge is 0.310 e. The summed E-state index contributed by atoms with van der Waals surface area (Å²) in [5, 5.41) is 17.0. The van der Waals surface area contributed by atoms with Crippen molar-refractivity contribution in [3.8, 4) is 17.3 Å². The summed E-state index contributed by atoms with van der Waals surface area (Å²) in [5.74, 6) is -0.561. The molecular weight excluding hydrogens is 452 g/mol. The van der Waals surface area contributed by atoms with E-state index < -0.39 is 17.5 Å². The molecule has 1 aliphatic heterocycles.